The third-order valence-electron chi connectivity index (χ3n) is 5.47. The average Bonchev–Trinajstić information content (AvgIpc) is 2.90. The Morgan fingerprint density at radius 2 is 2.12 bits per heavy atom. The molecular formula is C21H35N3O. The maximum Gasteiger partial charge on any atom is 0.0826 e. The van der Waals surface area contributed by atoms with Crippen molar-refractivity contribution in [2.75, 3.05) is 32.8 Å². The maximum atomic E-state index is 5.99. The first-order valence-corrected chi connectivity index (χ1v) is 10.1. The van der Waals surface area contributed by atoms with E-state index in [1.807, 2.05) is 0 Å². The lowest BCUT2D eigenvalue weighted by molar-refractivity contribution is -0.0309. The quantitative estimate of drug-likeness (QED) is 0.797. The second-order valence-corrected chi connectivity index (χ2v) is 7.76. The summed E-state index contributed by atoms with van der Waals surface area (Å²) in [5.41, 5.74) is 1.39. The summed E-state index contributed by atoms with van der Waals surface area (Å²) in [5, 5.41) is 7.42. The van der Waals surface area contributed by atoms with Crippen LogP contribution in [0.25, 0.3) is 0 Å². The Morgan fingerprint density at radius 1 is 1.24 bits per heavy atom. The summed E-state index contributed by atoms with van der Waals surface area (Å²) < 4.78 is 5.99. The van der Waals surface area contributed by atoms with Gasteiger partial charge in [0.15, 0.2) is 0 Å². The van der Waals surface area contributed by atoms with E-state index < -0.39 is 0 Å². The Labute approximate surface area is 153 Å². The van der Waals surface area contributed by atoms with E-state index in [1.165, 1.54) is 44.2 Å². The van der Waals surface area contributed by atoms with Gasteiger partial charge in [-0.05, 0) is 38.3 Å². The van der Waals surface area contributed by atoms with E-state index in [0.29, 0.717) is 18.2 Å². The van der Waals surface area contributed by atoms with Crippen molar-refractivity contribution in [3.63, 3.8) is 0 Å². The molecule has 0 spiro atoms. The normalized spacial score (nSPS) is 26.9. The number of morpholine rings is 1. The molecule has 25 heavy (non-hydrogen) atoms. The van der Waals surface area contributed by atoms with Crippen LogP contribution in [0.15, 0.2) is 30.3 Å². The summed E-state index contributed by atoms with van der Waals surface area (Å²) in [6, 6.07) is 12.0. The van der Waals surface area contributed by atoms with Crippen molar-refractivity contribution in [2.24, 2.45) is 0 Å². The smallest absolute Gasteiger partial charge is 0.0826 e. The van der Waals surface area contributed by atoms with Crippen molar-refractivity contribution in [2.45, 2.75) is 63.8 Å². The highest BCUT2D eigenvalue weighted by molar-refractivity contribution is 5.14. The van der Waals surface area contributed by atoms with Gasteiger partial charge in [-0.3, -0.25) is 4.90 Å². The molecule has 2 heterocycles. The van der Waals surface area contributed by atoms with E-state index in [9.17, 15) is 0 Å². The molecule has 0 amide bonds. The van der Waals surface area contributed by atoms with Gasteiger partial charge in [-0.1, -0.05) is 43.2 Å². The van der Waals surface area contributed by atoms with Crippen molar-refractivity contribution in [3.05, 3.63) is 35.9 Å². The average molecular weight is 346 g/mol. The molecule has 2 aliphatic heterocycles. The third-order valence-corrected chi connectivity index (χ3v) is 5.47. The van der Waals surface area contributed by atoms with Gasteiger partial charge in [0.1, 0.15) is 0 Å². The van der Waals surface area contributed by atoms with Crippen LogP contribution in [0.5, 0.6) is 0 Å². The van der Waals surface area contributed by atoms with E-state index in [-0.39, 0.29) is 0 Å². The minimum atomic E-state index is 0.307. The molecule has 4 nitrogen and oxygen atoms in total. The van der Waals surface area contributed by atoms with Gasteiger partial charge in [0.05, 0.1) is 12.7 Å². The Hall–Kier alpha value is -0.940. The molecule has 1 aromatic carbocycles. The molecule has 0 radical (unpaired) electrons. The lowest BCUT2D eigenvalue weighted by Gasteiger charge is -2.34. The van der Waals surface area contributed by atoms with E-state index in [4.69, 9.17) is 4.74 Å². The molecule has 2 saturated heterocycles. The van der Waals surface area contributed by atoms with Gasteiger partial charge >= 0.3 is 0 Å². The number of hydrogen-bond donors (Lipinski definition) is 2. The van der Waals surface area contributed by atoms with E-state index >= 15 is 0 Å². The van der Waals surface area contributed by atoms with Crippen LogP contribution in [0, 0.1) is 0 Å². The molecular weight excluding hydrogens is 310 g/mol. The number of rotatable bonds is 7. The summed E-state index contributed by atoms with van der Waals surface area (Å²) in [7, 11) is 0. The standard InChI is InChI=1S/C21H35N3O/c1-18(14-20-10-6-3-7-11-22-20)23-15-21-17-24(12-13-25-21)16-19-8-4-2-5-9-19/h2,4-5,8-9,18,20-23H,3,6-7,10-17H2,1H3. The molecule has 3 rings (SSSR count). The fourth-order valence-electron chi connectivity index (χ4n) is 4.03. The first-order valence-electron chi connectivity index (χ1n) is 10.1. The Kier molecular flexibility index (Phi) is 7.74. The number of ether oxygens (including phenoxy) is 1. The largest absolute Gasteiger partial charge is 0.374 e. The van der Waals surface area contributed by atoms with Crippen molar-refractivity contribution in [1.29, 1.82) is 0 Å². The van der Waals surface area contributed by atoms with Gasteiger partial charge in [0.2, 0.25) is 0 Å². The number of nitrogens with zero attached hydrogens (tertiary/aromatic N) is 1. The molecule has 0 aromatic heterocycles. The van der Waals surface area contributed by atoms with Crippen molar-refractivity contribution in [3.8, 4) is 0 Å². The molecule has 0 saturated carbocycles. The van der Waals surface area contributed by atoms with Crippen LogP contribution in [0.3, 0.4) is 0 Å². The molecule has 0 bridgehead atoms. The van der Waals surface area contributed by atoms with E-state index in [1.54, 1.807) is 0 Å². The van der Waals surface area contributed by atoms with Crippen LogP contribution in [0.4, 0.5) is 0 Å². The zero-order valence-electron chi connectivity index (χ0n) is 15.8. The van der Waals surface area contributed by atoms with Crippen LogP contribution < -0.4 is 10.6 Å². The van der Waals surface area contributed by atoms with Crippen molar-refractivity contribution in [1.82, 2.24) is 15.5 Å². The number of nitrogens with one attached hydrogen (secondary N) is 2. The summed E-state index contributed by atoms with van der Waals surface area (Å²) >= 11 is 0. The van der Waals surface area contributed by atoms with Crippen LogP contribution in [-0.4, -0.2) is 55.9 Å². The summed E-state index contributed by atoms with van der Waals surface area (Å²) in [4.78, 5) is 2.52. The Balaban J connectivity index is 1.37. The zero-order chi connectivity index (χ0) is 17.3. The molecule has 3 atom stereocenters. The van der Waals surface area contributed by atoms with Gasteiger partial charge in [-0.15, -0.1) is 0 Å². The zero-order valence-corrected chi connectivity index (χ0v) is 15.8. The van der Waals surface area contributed by atoms with Gasteiger partial charge in [0.25, 0.3) is 0 Å². The first-order chi connectivity index (χ1) is 12.3. The predicted molar refractivity (Wildman–Crippen MR) is 104 cm³/mol. The SMILES string of the molecule is CC(CC1CCCCCN1)NCC1CN(Cc2ccccc2)CCO1. The molecule has 1 aromatic rings. The molecule has 2 N–H and O–H groups in total. The molecule has 2 fully saturated rings. The second-order valence-electron chi connectivity index (χ2n) is 7.76. The highest BCUT2D eigenvalue weighted by atomic mass is 16.5. The fraction of sp³-hybridized carbons (Fsp3) is 0.714. The second kappa shape index (κ2) is 10.3. The van der Waals surface area contributed by atoms with Crippen LogP contribution in [-0.2, 0) is 11.3 Å². The number of hydrogen-bond acceptors (Lipinski definition) is 4. The summed E-state index contributed by atoms with van der Waals surface area (Å²) in [6.07, 6.45) is 6.97. The molecule has 3 unspecified atom stereocenters. The monoisotopic (exact) mass is 345 g/mol. The van der Waals surface area contributed by atoms with E-state index in [2.05, 4.69) is 52.8 Å². The molecule has 0 aliphatic carbocycles. The summed E-state index contributed by atoms with van der Waals surface area (Å²) in [5.74, 6) is 0. The molecule has 140 valence electrons. The van der Waals surface area contributed by atoms with Gasteiger partial charge in [0, 0.05) is 38.3 Å². The third kappa shape index (κ3) is 6.70. The van der Waals surface area contributed by atoms with Crippen molar-refractivity contribution >= 4 is 0 Å². The minimum absolute atomic E-state index is 0.307. The van der Waals surface area contributed by atoms with E-state index in [0.717, 1.165) is 32.8 Å². The highest BCUT2D eigenvalue weighted by Crippen LogP contribution is 2.13. The van der Waals surface area contributed by atoms with Gasteiger partial charge in [-0.2, -0.15) is 0 Å². The maximum absolute atomic E-state index is 5.99. The van der Waals surface area contributed by atoms with Gasteiger partial charge < -0.3 is 15.4 Å². The highest BCUT2D eigenvalue weighted by Gasteiger charge is 2.21. The Morgan fingerprint density at radius 3 is 3.00 bits per heavy atom. The Bertz CT molecular complexity index is 473. The number of benzene rings is 1. The molecule has 4 heteroatoms. The lowest BCUT2D eigenvalue weighted by Crippen LogP contribution is -2.48. The summed E-state index contributed by atoms with van der Waals surface area (Å²) in [6.45, 7) is 8.40. The fourth-order valence-corrected chi connectivity index (χ4v) is 4.03. The topological polar surface area (TPSA) is 36.5 Å². The lowest BCUT2D eigenvalue weighted by atomic mass is 10.0. The minimum Gasteiger partial charge on any atom is -0.374 e. The first kappa shape index (κ1) is 18.8. The van der Waals surface area contributed by atoms with Gasteiger partial charge in [-0.25, -0.2) is 0 Å². The van der Waals surface area contributed by atoms with Crippen LogP contribution >= 0.6 is 0 Å². The van der Waals surface area contributed by atoms with Crippen molar-refractivity contribution < 1.29 is 4.74 Å². The van der Waals surface area contributed by atoms with Crippen LogP contribution in [0.2, 0.25) is 0 Å². The predicted octanol–water partition coefficient (Wildman–Crippen LogP) is 2.79. The van der Waals surface area contributed by atoms with Crippen LogP contribution in [0.1, 0.15) is 44.6 Å². The molecule has 2 aliphatic rings.